The SMILES string of the molecule is COc1ccc(Cl)cc1S(=O)(=O)NCc1ccccc1-c1ccccc1C(=O)N[C@@H](CO)C(C)=O. The molecule has 3 rings (SSSR count). The molecule has 0 aliphatic rings. The van der Waals surface area contributed by atoms with Crippen molar-refractivity contribution in [2.75, 3.05) is 13.7 Å². The van der Waals surface area contributed by atoms with Gasteiger partial charge in [-0.3, -0.25) is 9.59 Å². The standard InChI is InChI=1S/C25H25ClN2O6S/c1-16(30)22(15-29)28-25(31)21-10-6-5-9-20(21)19-8-4-3-7-17(19)14-27-35(32,33)24-13-18(26)11-12-23(24)34-2/h3-13,22,27,29H,14-15H2,1-2H3,(H,28,31)/t22-/m0/s1. The second-order valence-corrected chi connectivity index (χ2v) is 9.81. The molecule has 3 aromatic carbocycles. The topological polar surface area (TPSA) is 122 Å². The van der Waals surface area contributed by atoms with Crippen molar-refractivity contribution in [2.24, 2.45) is 0 Å². The van der Waals surface area contributed by atoms with E-state index in [2.05, 4.69) is 10.0 Å². The summed E-state index contributed by atoms with van der Waals surface area (Å²) in [5.74, 6) is -0.750. The van der Waals surface area contributed by atoms with E-state index >= 15 is 0 Å². The molecular formula is C25H25ClN2O6S. The first-order chi connectivity index (χ1) is 16.7. The molecule has 3 N–H and O–H groups in total. The number of nitrogens with one attached hydrogen (secondary N) is 2. The number of rotatable bonds is 10. The zero-order valence-electron chi connectivity index (χ0n) is 19.1. The van der Waals surface area contributed by atoms with Crippen LogP contribution in [-0.2, 0) is 21.4 Å². The first-order valence-corrected chi connectivity index (χ1v) is 12.5. The monoisotopic (exact) mass is 516 g/mol. The molecule has 0 radical (unpaired) electrons. The van der Waals surface area contributed by atoms with Gasteiger partial charge in [0.15, 0.2) is 5.78 Å². The number of hydrogen-bond acceptors (Lipinski definition) is 6. The lowest BCUT2D eigenvalue weighted by Gasteiger charge is -2.17. The van der Waals surface area contributed by atoms with Crippen LogP contribution in [0.4, 0.5) is 0 Å². The molecule has 184 valence electrons. The van der Waals surface area contributed by atoms with Gasteiger partial charge in [0.2, 0.25) is 10.0 Å². The van der Waals surface area contributed by atoms with Crippen LogP contribution in [0.1, 0.15) is 22.8 Å². The van der Waals surface area contributed by atoms with Gasteiger partial charge in [0.25, 0.3) is 5.91 Å². The van der Waals surface area contributed by atoms with Crippen molar-refractivity contribution < 1.29 is 27.9 Å². The van der Waals surface area contributed by atoms with Crippen LogP contribution in [-0.4, -0.2) is 45.0 Å². The molecule has 0 saturated carbocycles. The predicted molar refractivity (Wildman–Crippen MR) is 133 cm³/mol. The number of aliphatic hydroxyl groups excluding tert-OH is 1. The van der Waals surface area contributed by atoms with Gasteiger partial charge in [0.05, 0.1) is 13.7 Å². The number of benzene rings is 3. The number of sulfonamides is 1. The summed E-state index contributed by atoms with van der Waals surface area (Å²) in [5, 5.41) is 12.2. The number of aliphatic hydroxyl groups is 1. The average Bonchev–Trinajstić information content (AvgIpc) is 2.86. The van der Waals surface area contributed by atoms with Crippen LogP contribution in [0.25, 0.3) is 11.1 Å². The Hall–Kier alpha value is -3.24. The second-order valence-electron chi connectivity index (χ2n) is 7.64. The van der Waals surface area contributed by atoms with Crippen molar-refractivity contribution in [3.05, 3.63) is 82.9 Å². The number of ketones is 1. The van der Waals surface area contributed by atoms with Gasteiger partial charge in [-0.25, -0.2) is 13.1 Å². The Morgan fingerprint density at radius 3 is 2.34 bits per heavy atom. The highest BCUT2D eigenvalue weighted by Gasteiger charge is 2.22. The lowest BCUT2D eigenvalue weighted by atomic mass is 9.95. The third-order valence-corrected chi connectivity index (χ3v) is 6.98. The molecule has 0 spiro atoms. The largest absolute Gasteiger partial charge is 0.495 e. The van der Waals surface area contributed by atoms with Gasteiger partial charge in [-0.1, -0.05) is 54.1 Å². The van der Waals surface area contributed by atoms with E-state index in [1.807, 2.05) is 0 Å². The fourth-order valence-electron chi connectivity index (χ4n) is 3.48. The van der Waals surface area contributed by atoms with E-state index in [-0.39, 0.29) is 33.6 Å². The maximum absolute atomic E-state index is 13.0. The number of ether oxygens (including phenoxy) is 1. The Morgan fingerprint density at radius 2 is 1.69 bits per heavy atom. The van der Waals surface area contributed by atoms with E-state index in [1.165, 1.54) is 32.2 Å². The van der Waals surface area contributed by atoms with E-state index < -0.39 is 28.6 Å². The minimum Gasteiger partial charge on any atom is -0.495 e. The number of carbonyl (C=O) groups excluding carboxylic acids is 2. The molecule has 10 heteroatoms. The number of amides is 1. The number of hydrogen-bond donors (Lipinski definition) is 3. The lowest BCUT2D eigenvalue weighted by Crippen LogP contribution is -2.42. The maximum atomic E-state index is 13.0. The minimum atomic E-state index is -3.98. The molecule has 1 atom stereocenters. The summed E-state index contributed by atoms with van der Waals surface area (Å²) in [7, 11) is -2.61. The van der Waals surface area contributed by atoms with Crippen LogP contribution in [0, 0.1) is 0 Å². The first-order valence-electron chi connectivity index (χ1n) is 10.6. The van der Waals surface area contributed by atoms with E-state index in [4.69, 9.17) is 16.3 Å². The van der Waals surface area contributed by atoms with Crippen molar-refractivity contribution >= 4 is 33.3 Å². The summed E-state index contributed by atoms with van der Waals surface area (Å²) in [5.41, 5.74) is 2.06. The number of Topliss-reactive ketones (excluding diaryl/α,β-unsaturated/α-hetero) is 1. The summed E-state index contributed by atoms with van der Waals surface area (Å²) in [6.45, 7) is 0.689. The normalized spacial score (nSPS) is 12.1. The Morgan fingerprint density at radius 1 is 1.03 bits per heavy atom. The molecule has 0 fully saturated rings. The number of halogens is 1. The minimum absolute atomic E-state index is 0.0726. The van der Waals surface area contributed by atoms with Gasteiger partial charge in [-0.15, -0.1) is 0 Å². The van der Waals surface area contributed by atoms with E-state index in [1.54, 1.807) is 48.5 Å². The Bertz CT molecular complexity index is 1340. The van der Waals surface area contributed by atoms with E-state index in [0.29, 0.717) is 16.7 Å². The molecule has 35 heavy (non-hydrogen) atoms. The van der Waals surface area contributed by atoms with Crippen molar-refractivity contribution in [1.82, 2.24) is 10.0 Å². The van der Waals surface area contributed by atoms with Crippen LogP contribution in [0.5, 0.6) is 5.75 Å². The molecule has 0 bridgehead atoms. The summed E-state index contributed by atoms with van der Waals surface area (Å²) in [6.07, 6.45) is 0. The predicted octanol–water partition coefficient (Wildman–Crippen LogP) is 3.17. The molecule has 0 heterocycles. The van der Waals surface area contributed by atoms with Crippen LogP contribution in [0.2, 0.25) is 5.02 Å². The van der Waals surface area contributed by atoms with Gasteiger partial charge in [0, 0.05) is 17.1 Å². The van der Waals surface area contributed by atoms with Gasteiger partial charge in [0.1, 0.15) is 16.7 Å². The molecule has 3 aromatic rings. The van der Waals surface area contributed by atoms with E-state index in [9.17, 15) is 23.1 Å². The highest BCUT2D eigenvalue weighted by molar-refractivity contribution is 7.89. The third kappa shape index (κ3) is 6.26. The highest BCUT2D eigenvalue weighted by Crippen LogP contribution is 2.29. The van der Waals surface area contributed by atoms with E-state index in [0.717, 1.165) is 0 Å². The van der Waals surface area contributed by atoms with Crippen LogP contribution in [0.15, 0.2) is 71.6 Å². The first kappa shape index (κ1) is 26.4. The molecular weight excluding hydrogens is 492 g/mol. The van der Waals surface area contributed by atoms with Crippen LogP contribution in [0.3, 0.4) is 0 Å². The van der Waals surface area contributed by atoms with Crippen LogP contribution < -0.4 is 14.8 Å². The fraction of sp³-hybridized carbons (Fsp3) is 0.200. The van der Waals surface area contributed by atoms with Gasteiger partial charge in [-0.05, 0) is 47.9 Å². The molecule has 8 nitrogen and oxygen atoms in total. The second kappa shape index (κ2) is 11.5. The van der Waals surface area contributed by atoms with Gasteiger partial charge >= 0.3 is 0 Å². The molecule has 1 amide bonds. The summed E-state index contributed by atoms with van der Waals surface area (Å²) >= 11 is 5.99. The van der Waals surface area contributed by atoms with Gasteiger partial charge < -0.3 is 15.2 Å². The van der Waals surface area contributed by atoms with Crippen molar-refractivity contribution in [2.45, 2.75) is 24.4 Å². The Kier molecular flexibility index (Phi) is 8.63. The third-order valence-electron chi connectivity index (χ3n) is 5.33. The van der Waals surface area contributed by atoms with Crippen LogP contribution >= 0.6 is 11.6 Å². The summed E-state index contributed by atoms with van der Waals surface area (Å²) < 4.78 is 33.7. The Labute approximate surface area is 208 Å². The van der Waals surface area contributed by atoms with Crippen molar-refractivity contribution in [3.8, 4) is 16.9 Å². The van der Waals surface area contributed by atoms with Crippen molar-refractivity contribution in [1.29, 1.82) is 0 Å². The quantitative estimate of drug-likeness (QED) is 0.380. The summed E-state index contributed by atoms with van der Waals surface area (Å²) in [4.78, 5) is 24.5. The molecule has 0 aliphatic heterocycles. The smallest absolute Gasteiger partial charge is 0.252 e. The Balaban J connectivity index is 1.93. The lowest BCUT2D eigenvalue weighted by molar-refractivity contribution is -0.119. The zero-order valence-corrected chi connectivity index (χ0v) is 20.7. The zero-order chi connectivity index (χ0) is 25.6. The average molecular weight is 517 g/mol. The van der Waals surface area contributed by atoms with Crippen molar-refractivity contribution in [3.63, 3.8) is 0 Å². The molecule has 0 unspecified atom stereocenters. The number of carbonyl (C=O) groups is 2. The number of methoxy groups -OCH3 is 1. The highest BCUT2D eigenvalue weighted by atomic mass is 35.5. The molecule has 0 aliphatic carbocycles. The fourth-order valence-corrected chi connectivity index (χ4v) is 4.91. The maximum Gasteiger partial charge on any atom is 0.252 e. The molecule has 0 saturated heterocycles. The molecule has 0 aromatic heterocycles. The summed E-state index contributed by atoms with van der Waals surface area (Å²) in [6, 6.07) is 17.1. The van der Waals surface area contributed by atoms with Gasteiger partial charge in [-0.2, -0.15) is 0 Å².